The summed E-state index contributed by atoms with van der Waals surface area (Å²) < 4.78 is 7.02. The van der Waals surface area contributed by atoms with Gasteiger partial charge < -0.3 is 19.5 Å². The first-order chi connectivity index (χ1) is 15.0. The molecule has 4 rings (SSSR count). The third kappa shape index (κ3) is 3.70. The number of carbonyl (C=O) groups is 1. The molecule has 1 aromatic carbocycles. The molecule has 0 radical (unpaired) electrons. The molecule has 0 saturated carbocycles. The smallest absolute Gasteiger partial charge is 0.337 e. The summed E-state index contributed by atoms with van der Waals surface area (Å²) in [6.45, 7) is 7.14. The number of hydrogen-bond acceptors (Lipinski definition) is 4. The van der Waals surface area contributed by atoms with Crippen molar-refractivity contribution in [2.24, 2.45) is 0 Å². The number of methoxy groups -OCH3 is 1. The van der Waals surface area contributed by atoms with E-state index in [-0.39, 0.29) is 18.1 Å². The van der Waals surface area contributed by atoms with Crippen LogP contribution in [0.2, 0.25) is 0 Å². The number of ether oxygens (including phenoxy) is 1. The number of benzene rings is 1. The molecule has 1 aliphatic heterocycles. The van der Waals surface area contributed by atoms with E-state index in [1.807, 2.05) is 36.5 Å². The van der Waals surface area contributed by atoms with Crippen molar-refractivity contribution >= 4 is 23.3 Å². The van der Waals surface area contributed by atoms with Crippen LogP contribution in [0.3, 0.4) is 0 Å². The fourth-order valence-corrected chi connectivity index (χ4v) is 4.80. The van der Waals surface area contributed by atoms with Crippen molar-refractivity contribution in [1.29, 1.82) is 0 Å². The fraction of sp³-hybridized carbons (Fsp3) is 0.292. The van der Waals surface area contributed by atoms with Crippen molar-refractivity contribution < 1.29 is 9.53 Å². The Morgan fingerprint density at radius 1 is 1.19 bits per heavy atom. The van der Waals surface area contributed by atoms with E-state index in [1.165, 1.54) is 12.7 Å². The molecule has 6 nitrogen and oxygen atoms in total. The van der Waals surface area contributed by atoms with Gasteiger partial charge in [0.05, 0.1) is 30.5 Å². The lowest BCUT2D eigenvalue weighted by Gasteiger charge is -2.27. The Balaban J connectivity index is 1.77. The normalized spacial score (nSPS) is 18.2. The van der Waals surface area contributed by atoms with E-state index < -0.39 is 0 Å². The minimum atomic E-state index is -0.337. The summed E-state index contributed by atoms with van der Waals surface area (Å²) in [5, 5.41) is 4.22. The van der Waals surface area contributed by atoms with E-state index in [0.29, 0.717) is 5.56 Å². The number of pyridine rings is 1. The van der Waals surface area contributed by atoms with Gasteiger partial charge in [0.1, 0.15) is 0 Å². The van der Waals surface area contributed by atoms with E-state index in [4.69, 9.17) is 17.0 Å². The predicted octanol–water partition coefficient (Wildman–Crippen LogP) is 4.27. The minimum Gasteiger partial charge on any atom is -0.465 e. The lowest BCUT2D eigenvalue weighted by atomic mass is 9.97. The Morgan fingerprint density at radius 2 is 1.94 bits per heavy atom. The maximum Gasteiger partial charge on any atom is 0.337 e. The highest BCUT2D eigenvalue weighted by Crippen LogP contribution is 2.41. The van der Waals surface area contributed by atoms with Gasteiger partial charge in [-0.25, -0.2) is 4.79 Å². The Kier molecular flexibility index (Phi) is 5.78. The molecule has 0 amide bonds. The first kappa shape index (κ1) is 21.1. The van der Waals surface area contributed by atoms with Crippen molar-refractivity contribution in [2.75, 3.05) is 13.7 Å². The SMILES string of the molecule is CCN1C(=S)N[C@H](c2ccccn2)[C@H]1c1cc(C)n(-c2ccc(C(=O)OC)cc2)c1C. The summed E-state index contributed by atoms with van der Waals surface area (Å²) in [5.74, 6) is -0.337. The standard InChI is InChI=1S/C24H26N4O2S/c1-5-27-22(21(26-24(27)31)20-8-6-7-13-25-20)19-14-15(2)28(16(19)3)18-11-9-17(10-12-18)23(29)30-4/h6-14,21-22H,5H2,1-4H3,(H,26,31)/t21-,22-/m1/s1. The molecule has 3 aromatic rings. The molecule has 2 atom stereocenters. The molecule has 1 N–H and O–H groups in total. The van der Waals surface area contributed by atoms with Crippen LogP contribution in [0, 0.1) is 13.8 Å². The van der Waals surface area contributed by atoms with Crippen LogP contribution in [-0.2, 0) is 4.74 Å². The summed E-state index contributed by atoms with van der Waals surface area (Å²) in [6, 6.07) is 15.7. The Bertz CT molecular complexity index is 1110. The van der Waals surface area contributed by atoms with Gasteiger partial charge in [0.15, 0.2) is 5.11 Å². The van der Waals surface area contributed by atoms with E-state index in [1.54, 1.807) is 12.1 Å². The van der Waals surface area contributed by atoms with Crippen molar-refractivity contribution in [3.8, 4) is 5.69 Å². The number of aromatic nitrogens is 2. The van der Waals surface area contributed by atoms with Crippen LogP contribution in [0.4, 0.5) is 0 Å². The molecular weight excluding hydrogens is 408 g/mol. The second kappa shape index (κ2) is 8.51. The van der Waals surface area contributed by atoms with Crippen LogP contribution in [-0.4, -0.2) is 39.2 Å². The Labute approximate surface area is 187 Å². The van der Waals surface area contributed by atoms with E-state index in [0.717, 1.165) is 34.4 Å². The Hall–Kier alpha value is -3.19. The van der Waals surface area contributed by atoms with Crippen molar-refractivity contribution in [3.63, 3.8) is 0 Å². The Morgan fingerprint density at radius 3 is 2.55 bits per heavy atom. The van der Waals surface area contributed by atoms with Gasteiger partial charge in [-0.3, -0.25) is 4.98 Å². The van der Waals surface area contributed by atoms with Gasteiger partial charge in [-0.1, -0.05) is 6.07 Å². The largest absolute Gasteiger partial charge is 0.465 e. The molecule has 31 heavy (non-hydrogen) atoms. The number of nitrogens with zero attached hydrogens (tertiary/aromatic N) is 3. The molecule has 160 valence electrons. The molecule has 1 saturated heterocycles. The van der Waals surface area contributed by atoms with Crippen LogP contribution in [0.5, 0.6) is 0 Å². The number of hydrogen-bond donors (Lipinski definition) is 1. The van der Waals surface area contributed by atoms with Gasteiger partial charge >= 0.3 is 5.97 Å². The van der Waals surface area contributed by atoms with Gasteiger partial charge in [-0.2, -0.15) is 0 Å². The van der Waals surface area contributed by atoms with Gasteiger partial charge in [0.25, 0.3) is 0 Å². The summed E-state index contributed by atoms with van der Waals surface area (Å²) in [7, 11) is 1.39. The molecule has 7 heteroatoms. The number of thiocarbonyl (C=S) groups is 1. The zero-order valence-electron chi connectivity index (χ0n) is 18.1. The second-order valence-corrected chi connectivity index (χ2v) is 8.00. The maximum absolute atomic E-state index is 11.8. The molecular formula is C24H26N4O2S. The van der Waals surface area contributed by atoms with Gasteiger partial charge in [0, 0.05) is 29.8 Å². The number of aryl methyl sites for hydroxylation is 1. The summed E-state index contributed by atoms with van der Waals surface area (Å²) in [6.07, 6.45) is 1.82. The quantitative estimate of drug-likeness (QED) is 0.478. The number of likely N-dealkylation sites (N-methyl/N-ethyl adjacent to an activating group) is 1. The van der Waals surface area contributed by atoms with E-state index in [9.17, 15) is 4.79 Å². The first-order valence-electron chi connectivity index (χ1n) is 10.3. The third-order valence-electron chi connectivity index (χ3n) is 5.87. The number of esters is 1. The van der Waals surface area contributed by atoms with E-state index in [2.05, 4.69) is 46.6 Å². The first-order valence-corrected chi connectivity index (χ1v) is 10.7. The van der Waals surface area contributed by atoms with Crippen molar-refractivity contribution in [2.45, 2.75) is 32.9 Å². The number of carbonyl (C=O) groups excluding carboxylic acids is 1. The maximum atomic E-state index is 11.8. The molecule has 0 bridgehead atoms. The van der Waals surface area contributed by atoms with Crippen LogP contribution < -0.4 is 5.32 Å². The molecule has 0 unspecified atom stereocenters. The van der Waals surface area contributed by atoms with Crippen LogP contribution in [0.1, 0.15) is 52.0 Å². The summed E-state index contributed by atoms with van der Waals surface area (Å²) in [5.41, 5.74) is 5.97. The molecule has 1 fully saturated rings. The van der Waals surface area contributed by atoms with Crippen LogP contribution >= 0.6 is 12.2 Å². The van der Waals surface area contributed by atoms with Gasteiger partial charge in [-0.15, -0.1) is 0 Å². The van der Waals surface area contributed by atoms with Crippen LogP contribution in [0.25, 0.3) is 5.69 Å². The fourth-order valence-electron chi connectivity index (χ4n) is 4.43. The summed E-state index contributed by atoms with van der Waals surface area (Å²) >= 11 is 5.66. The lowest BCUT2D eigenvalue weighted by molar-refractivity contribution is 0.0600. The predicted molar refractivity (Wildman–Crippen MR) is 124 cm³/mol. The van der Waals surface area contributed by atoms with Gasteiger partial charge in [0.2, 0.25) is 0 Å². The highest BCUT2D eigenvalue weighted by Gasteiger charge is 2.40. The van der Waals surface area contributed by atoms with Crippen molar-refractivity contribution in [1.82, 2.24) is 19.8 Å². The summed E-state index contributed by atoms with van der Waals surface area (Å²) in [4.78, 5) is 18.6. The molecule has 0 spiro atoms. The molecule has 1 aliphatic rings. The highest BCUT2D eigenvalue weighted by molar-refractivity contribution is 7.80. The lowest BCUT2D eigenvalue weighted by Crippen LogP contribution is -2.29. The third-order valence-corrected chi connectivity index (χ3v) is 6.23. The zero-order chi connectivity index (χ0) is 22.1. The average Bonchev–Trinajstić information content (AvgIpc) is 3.28. The molecule has 0 aliphatic carbocycles. The number of rotatable bonds is 5. The van der Waals surface area contributed by atoms with E-state index >= 15 is 0 Å². The second-order valence-electron chi connectivity index (χ2n) is 7.61. The number of nitrogens with one attached hydrogen (secondary N) is 1. The van der Waals surface area contributed by atoms with Crippen LogP contribution in [0.15, 0.2) is 54.7 Å². The molecule has 2 aromatic heterocycles. The average molecular weight is 435 g/mol. The minimum absolute atomic E-state index is 0.0238. The highest BCUT2D eigenvalue weighted by atomic mass is 32.1. The van der Waals surface area contributed by atoms with Gasteiger partial charge in [-0.05, 0) is 81.0 Å². The monoisotopic (exact) mass is 434 g/mol. The topological polar surface area (TPSA) is 59.4 Å². The molecule has 3 heterocycles. The zero-order valence-corrected chi connectivity index (χ0v) is 18.9. The van der Waals surface area contributed by atoms with Crippen molar-refractivity contribution in [3.05, 3.63) is 82.9 Å².